The van der Waals surface area contributed by atoms with Gasteiger partial charge in [0.25, 0.3) is 5.91 Å². The second-order valence-corrected chi connectivity index (χ2v) is 7.30. The van der Waals surface area contributed by atoms with Gasteiger partial charge in [-0.1, -0.05) is 18.2 Å². The predicted octanol–water partition coefficient (Wildman–Crippen LogP) is 4.61. The summed E-state index contributed by atoms with van der Waals surface area (Å²) in [6.45, 7) is 4.47. The van der Waals surface area contributed by atoms with Crippen LogP contribution in [-0.2, 0) is 6.42 Å². The SMILES string of the molecule is COc1ccc2oc(C(=O)NCCCc3cn(-c4ccccc4)nc3C)c(C)c2c1. The van der Waals surface area contributed by atoms with Gasteiger partial charge < -0.3 is 14.5 Å². The number of carbonyl (C=O) groups excluding carboxylic acids is 1. The lowest BCUT2D eigenvalue weighted by Gasteiger charge is -2.04. The zero-order valence-electron chi connectivity index (χ0n) is 17.4. The first-order valence-corrected chi connectivity index (χ1v) is 10.0. The van der Waals surface area contributed by atoms with Gasteiger partial charge in [0.05, 0.1) is 18.5 Å². The molecule has 4 aromatic rings. The summed E-state index contributed by atoms with van der Waals surface area (Å²) < 4.78 is 12.9. The van der Waals surface area contributed by atoms with Gasteiger partial charge in [-0.25, -0.2) is 4.68 Å². The van der Waals surface area contributed by atoms with Crippen molar-refractivity contribution in [3.63, 3.8) is 0 Å². The molecular weight excluding hydrogens is 378 g/mol. The highest BCUT2D eigenvalue weighted by Crippen LogP contribution is 2.28. The molecule has 6 heteroatoms. The third-order valence-corrected chi connectivity index (χ3v) is 5.28. The highest BCUT2D eigenvalue weighted by molar-refractivity contribution is 5.99. The summed E-state index contributed by atoms with van der Waals surface area (Å²) >= 11 is 0. The van der Waals surface area contributed by atoms with Crippen molar-refractivity contribution in [1.29, 1.82) is 0 Å². The minimum atomic E-state index is -0.195. The quantitative estimate of drug-likeness (QED) is 0.458. The number of fused-ring (bicyclic) bond motifs is 1. The summed E-state index contributed by atoms with van der Waals surface area (Å²) in [6, 6.07) is 15.6. The van der Waals surface area contributed by atoms with Gasteiger partial charge >= 0.3 is 0 Å². The molecule has 6 nitrogen and oxygen atoms in total. The van der Waals surface area contributed by atoms with Crippen LogP contribution in [0.3, 0.4) is 0 Å². The Kier molecular flexibility index (Phi) is 5.57. The van der Waals surface area contributed by atoms with E-state index in [-0.39, 0.29) is 5.91 Å². The molecule has 0 unspecified atom stereocenters. The number of benzene rings is 2. The number of aromatic nitrogens is 2. The molecule has 0 aliphatic rings. The van der Waals surface area contributed by atoms with Gasteiger partial charge in [-0.2, -0.15) is 5.10 Å². The summed E-state index contributed by atoms with van der Waals surface area (Å²) in [5, 5.41) is 8.45. The molecule has 0 aliphatic heterocycles. The number of hydrogen-bond acceptors (Lipinski definition) is 4. The highest BCUT2D eigenvalue weighted by atomic mass is 16.5. The standard InChI is InChI=1S/C24H25N3O3/c1-16-21-14-20(29-3)11-12-22(21)30-23(16)24(28)25-13-7-8-18-15-27(26-17(18)2)19-9-5-4-6-10-19/h4-6,9-12,14-15H,7-8,13H2,1-3H3,(H,25,28). The Bertz CT molecular complexity index is 1180. The van der Waals surface area contributed by atoms with Gasteiger partial charge in [0.1, 0.15) is 11.3 Å². The van der Waals surface area contributed by atoms with E-state index in [0.717, 1.165) is 40.9 Å². The Morgan fingerprint density at radius 2 is 1.97 bits per heavy atom. The number of aryl methyl sites for hydroxylation is 3. The maximum Gasteiger partial charge on any atom is 0.287 e. The number of furan rings is 1. The summed E-state index contributed by atoms with van der Waals surface area (Å²) in [5.41, 5.74) is 4.73. The molecule has 0 saturated heterocycles. The monoisotopic (exact) mass is 403 g/mol. The molecule has 2 aromatic carbocycles. The lowest BCUT2D eigenvalue weighted by Crippen LogP contribution is -2.25. The lowest BCUT2D eigenvalue weighted by molar-refractivity contribution is 0.0927. The van der Waals surface area contributed by atoms with Crippen molar-refractivity contribution in [2.45, 2.75) is 26.7 Å². The first-order valence-electron chi connectivity index (χ1n) is 10.0. The van der Waals surface area contributed by atoms with Crippen molar-refractivity contribution >= 4 is 16.9 Å². The molecule has 1 amide bonds. The van der Waals surface area contributed by atoms with Crippen molar-refractivity contribution in [2.24, 2.45) is 0 Å². The summed E-state index contributed by atoms with van der Waals surface area (Å²) in [7, 11) is 1.62. The average molecular weight is 403 g/mol. The number of amides is 1. The van der Waals surface area contributed by atoms with E-state index < -0.39 is 0 Å². The fourth-order valence-electron chi connectivity index (χ4n) is 3.56. The smallest absolute Gasteiger partial charge is 0.287 e. The minimum Gasteiger partial charge on any atom is -0.497 e. The molecule has 0 aliphatic carbocycles. The summed E-state index contributed by atoms with van der Waals surface area (Å²) in [6.07, 6.45) is 3.72. The Hall–Kier alpha value is -3.54. The average Bonchev–Trinajstić information content (AvgIpc) is 3.31. The third-order valence-electron chi connectivity index (χ3n) is 5.28. The molecular formula is C24H25N3O3. The topological polar surface area (TPSA) is 69.3 Å². The number of para-hydroxylation sites is 1. The number of carbonyl (C=O) groups is 1. The van der Waals surface area contributed by atoms with E-state index in [4.69, 9.17) is 9.15 Å². The maximum absolute atomic E-state index is 12.6. The van der Waals surface area contributed by atoms with Crippen LogP contribution in [0.25, 0.3) is 16.7 Å². The van der Waals surface area contributed by atoms with Crippen LogP contribution in [0.1, 0.15) is 33.8 Å². The first-order chi connectivity index (χ1) is 14.6. The number of rotatable bonds is 7. The summed E-state index contributed by atoms with van der Waals surface area (Å²) in [4.78, 5) is 12.6. The molecule has 2 aromatic heterocycles. The van der Waals surface area contributed by atoms with Gasteiger partial charge in [0.15, 0.2) is 5.76 Å². The van der Waals surface area contributed by atoms with Gasteiger partial charge in [-0.05, 0) is 62.6 Å². The predicted molar refractivity (Wildman–Crippen MR) is 116 cm³/mol. The number of hydrogen-bond donors (Lipinski definition) is 1. The third kappa shape index (κ3) is 3.94. The maximum atomic E-state index is 12.6. The Balaban J connectivity index is 1.36. The van der Waals surface area contributed by atoms with Crippen molar-refractivity contribution in [3.05, 3.63) is 77.3 Å². The van der Waals surface area contributed by atoms with Crippen molar-refractivity contribution in [3.8, 4) is 11.4 Å². The van der Waals surface area contributed by atoms with Crippen LogP contribution < -0.4 is 10.1 Å². The van der Waals surface area contributed by atoms with Crippen molar-refractivity contribution in [2.75, 3.05) is 13.7 Å². The van der Waals surface area contributed by atoms with Gasteiger partial charge in [-0.15, -0.1) is 0 Å². The zero-order valence-corrected chi connectivity index (χ0v) is 17.4. The van der Waals surface area contributed by atoms with E-state index >= 15 is 0 Å². The van der Waals surface area contributed by atoms with Gasteiger partial charge in [0.2, 0.25) is 0 Å². The molecule has 1 N–H and O–H groups in total. The van der Waals surface area contributed by atoms with Crippen molar-refractivity contribution < 1.29 is 13.9 Å². The minimum absolute atomic E-state index is 0.195. The van der Waals surface area contributed by atoms with E-state index in [9.17, 15) is 4.79 Å². The van der Waals surface area contributed by atoms with Crippen LogP contribution in [0.5, 0.6) is 5.75 Å². The second kappa shape index (κ2) is 8.45. The number of ether oxygens (including phenoxy) is 1. The number of nitrogens with one attached hydrogen (secondary N) is 1. The molecule has 0 spiro atoms. The van der Waals surface area contributed by atoms with Crippen LogP contribution in [0, 0.1) is 13.8 Å². The van der Waals surface area contributed by atoms with E-state index in [1.165, 1.54) is 5.56 Å². The normalized spacial score (nSPS) is 11.0. The first kappa shape index (κ1) is 19.8. The molecule has 0 atom stereocenters. The summed E-state index contributed by atoms with van der Waals surface area (Å²) in [5.74, 6) is 0.899. The fraction of sp³-hybridized carbons (Fsp3) is 0.250. The number of methoxy groups -OCH3 is 1. The Morgan fingerprint density at radius 1 is 1.17 bits per heavy atom. The molecule has 30 heavy (non-hydrogen) atoms. The molecule has 0 fully saturated rings. The molecule has 0 radical (unpaired) electrons. The zero-order chi connectivity index (χ0) is 21.1. The van der Waals surface area contributed by atoms with E-state index in [1.807, 2.05) is 67.1 Å². The Morgan fingerprint density at radius 3 is 2.73 bits per heavy atom. The van der Waals surface area contributed by atoms with Crippen LogP contribution >= 0.6 is 0 Å². The van der Waals surface area contributed by atoms with Crippen LogP contribution in [-0.4, -0.2) is 29.3 Å². The van der Waals surface area contributed by atoms with Gasteiger partial charge in [-0.3, -0.25) is 4.79 Å². The molecule has 0 bridgehead atoms. The van der Waals surface area contributed by atoms with E-state index in [2.05, 4.69) is 16.6 Å². The van der Waals surface area contributed by atoms with Crippen LogP contribution in [0.15, 0.2) is 59.1 Å². The van der Waals surface area contributed by atoms with Gasteiger partial charge in [0, 0.05) is 23.7 Å². The van der Waals surface area contributed by atoms with Crippen molar-refractivity contribution in [1.82, 2.24) is 15.1 Å². The molecule has 0 saturated carbocycles. The van der Waals surface area contributed by atoms with E-state index in [1.54, 1.807) is 7.11 Å². The largest absolute Gasteiger partial charge is 0.497 e. The number of nitrogens with zero attached hydrogens (tertiary/aromatic N) is 2. The Labute approximate surface area is 175 Å². The van der Waals surface area contributed by atoms with Crippen LogP contribution in [0.2, 0.25) is 0 Å². The molecule has 4 rings (SSSR count). The fourth-order valence-corrected chi connectivity index (χ4v) is 3.56. The van der Waals surface area contributed by atoms with Crippen LogP contribution in [0.4, 0.5) is 0 Å². The molecule has 154 valence electrons. The second-order valence-electron chi connectivity index (χ2n) is 7.30. The highest BCUT2D eigenvalue weighted by Gasteiger charge is 2.18. The lowest BCUT2D eigenvalue weighted by atomic mass is 10.1. The molecule has 2 heterocycles. The van der Waals surface area contributed by atoms with E-state index in [0.29, 0.717) is 17.9 Å².